The number of hydrogen-bond acceptors (Lipinski definition) is 5. The molecule has 134 valence electrons. The molecule has 0 radical (unpaired) electrons. The van der Waals surface area contributed by atoms with Crippen molar-refractivity contribution in [2.24, 2.45) is 5.73 Å². The maximum atomic E-state index is 12.6. The number of carbonyl (C=O) groups is 2. The third-order valence-electron chi connectivity index (χ3n) is 4.04. The third kappa shape index (κ3) is 3.50. The number of nitrogens with zero attached hydrogens (tertiary/aromatic N) is 5. The van der Waals surface area contributed by atoms with Gasteiger partial charge in [0.25, 0.3) is 5.91 Å². The molecule has 1 aromatic carbocycles. The Morgan fingerprint density at radius 1 is 1.27 bits per heavy atom. The molecule has 2 unspecified atom stereocenters. The van der Waals surface area contributed by atoms with Crippen LogP contribution >= 0.6 is 11.6 Å². The number of tetrazole rings is 1. The van der Waals surface area contributed by atoms with E-state index in [4.69, 9.17) is 17.3 Å². The first kappa shape index (κ1) is 17.8. The van der Waals surface area contributed by atoms with Gasteiger partial charge >= 0.3 is 0 Å². The molecule has 2 heterocycles. The molecule has 2 N–H and O–H groups in total. The fourth-order valence-electron chi connectivity index (χ4n) is 2.45. The summed E-state index contributed by atoms with van der Waals surface area (Å²) >= 11 is 5.86. The number of amides is 2. The number of hydrogen-bond donors (Lipinski definition) is 1. The second-order valence-electron chi connectivity index (χ2n) is 5.91. The predicted octanol–water partition coefficient (Wildman–Crippen LogP) is 1.81. The summed E-state index contributed by atoms with van der Waals surface area (Å²) in [6, 6.07) is 5.82. The molecule has 0 spiro atoms. The topological polar surface area (TPSA) is 107 Å². The maximum Gasteiger partial charge on any atom is 0.258 e. The van der Waals surface area contributed by atoms with E-state index in [-0.39, 0.29) is 11.9 Å². The van der Waals surface area contributed by atoms with Gasteiger partial charge in [-0.3, -0.25) is 9.59 Å². The van der Waals surface area contributed by atoms with E-state index in [2.05, 4.69) is 15.4 Å². The summed E-state index contributed by atoms with van der Waals surface area (Å²) in [5, 5.41) is 12.6. The Labute approximate surface area is 154 Å². The summed E-state index contributed by atoms with van der Waals surface area (Å²) in [5.74, 6) is -0.324. The first-order valence-corrected chi connectivity index (χ1v) is 8.32. The molecule has 1 aliphatic rings. The Balaban J connectivity index is 1.78. The van der Waals surface area contributed by atoms with Crippen LogP contribution in [-0.2, 0) is 4.79 Å². The van der Waals surface area contributed by atoms with Crippen molar-refractivity contribution < 1.29 is 9.59 Å². The van der Waals surface area contributed by atoms with Crippen LogP contribution in [0.25, 0.3) is 5.57 Å². The molecule has 0 saturated carbocycles. The van der Waals surface area contributed by atoms with Crippen LogP contribution in [0, 0.1) is 0 Å². The average Bonchev–Trinajstić information content (AvgIpc) is 3.11. The molecule has 0 aliphatic carbocycles. The molecule has 8 nitrogen and oxygen atoms in total. The van der Waals surface area contributed by atoms with E-state index in [9.17, 15) is 9.59 Å². The van der Waals surface area contributed by atoms with E-state index < -0.39 is 11.9 Å². The van der Waals surface area contributed by atoms with Crippen molar-refractivity contribution in [3.05, 3.63) is 59.0 Å². The Morgan fingerprint density at radius 2 is 1.96 bits per heavy atom. The van der Waals surface area contributed by atoms with Gasteiger partial charge in [-0.05, 0) is 49.4 Å². The Morgan fingerprint density at radius 3 is 2.58 bits per heavy atom. The van der Waals surface area contributed by atoms with Crippen LogP contribution in [0.2, 0.25) is 5.02 Å². The molecule has 9 heteroatoms. The zero-order valence-corrected chi connectivity index (χ0v) is 15.0. The number of nitrogens with two attached hydrogens (primary N) is 1. The minimum atomic E-state index is -0.690. The number of allylic oxidation sites excluding steroid dienone is 2. The van der Waals surface area contributed by atoms with Gasteiger partial charge < -0.3 is 10.6 Å². The van der Waals surface area contributed by atoms with Gasteiger partial charge in [-0.1, -0.05) is 17.7 Å². The highest BCUT2D eigenvalue weighted by Crippen LogP contribution is 2.22. The molecule has 1 aromatic heterocycles. The third-order valence-corrected chi connectivity index (χ3v) is 4.30. The molecular formula is C17H17ClN6O2. The lowest BCUT2D eigenvalue weighted by molar-refractivity contribution is -0.121. The van der Waals surface area contributed by atoms with Gasteiger partial charge in [0.2, 0.25) is 11.7 Å². The Hall–Kier alpha value is -3.00. The average molecular weight is 373 g/mol. The fourth-order valence-corrected chi connectivity index (χ4v) is 2.58. The molecular weight excluding hydrogens is 356 g/mol. The molecule has 2 aromatic rings. The minimum Gasteiger partial charge on any atom is -0.368 e. The lowest BCUT2D eigenvalue weighted by Gasteiger charge is -2.27. The number of aromatic nitrogens is 4. The fraction of sp³-hybridized carbons (Fsp3) is 0.235. The number of rotatable bonds is 4. The van der Waals surface area contributed by atoms with Crippen molar-refractivity contribution >= 4 is 29.0 Å². The lowest BCUT2D eigenvalue weighted by atomic mass is 10.1. The number of halogens is 1. The van der Waals surface area contributed by atoms with E-state index in [0.717, 1.165) is 0 Å². The maximum absolute atomic E-state index is 12.6. The molecule has 0 bridgehead atoms. The Kier molecular flexibility index (Phi) is 4.85. The van der Waals surface area contributed by atoms with E-state index in [1.54, 1.807) is 48.4 Å². The molecule has 3 rings (SSSR count). The highest BCUT2D eigenvalue weighted by atomic mass is 35.5. The van der Waals surface area contributed by atoms with E-state index in [1.807, 2.05) is 13.0 Å². The summed E-state index contributed by atoms with van der Waals surface area (Å²) in [4.78, 5) is 26.6. The smallest absolute Gasteiger partial charge is 0.258 e. The van der Waals surface area contributed by atoms with Crippen molar-refractivity contribution in [1.29, 1.82) is 0 Å². The molecule has 2 atom stereocenters. The van der Waals surface area contributed by atoms with Gasteiger partial charge in [-0.15, -0.1) is 10.2 Å². The van der Waals surface area contributed by atoms with Crippen LogP contribution in [0.15, 0.2) is 42.6 Å². The summed E-state index contributed by atoms with van der Waals surface area (Å²) in [6.45, 7) is 3.47. The summed E-state index contributed by atoms with van der Waals surface area (Å²) in [7, 11) is 0. The monoisotopic (exact) mass is 372 g/mol. The van der Waals surface area contributed by atoms with E-state index in [0.29, 0.717) is 22.0 Å². The lowest BCUT2D eigenvalue weighted by Crippen LogP contribution is -2.34. The molecule has 0 saturated heterocycles. The second kappa shape index (κ2) is 7.09. The van der Waals surface area contributed by atoms with Crippen LogP contribution in [0.5, 0.6) is 0 Å². The highest BCUT2D eigenvalue weighted by Gasteiger charge is 2.23. The zero-order chi connectivity index (χ0) is 18.8. The van der Waals surface area contributed by atoms with Crippen LogP contribution in [-0.4, -0.2) is 43.0 Å². The number of primary amides is 1. The zero-order valence-electron chi connectivity index (χ0n) is 14.2. The quantitative estimate of drug-likeness (QED) is 0.880. The highest BCUT2D eigenvalue weighted by molar-refractivity contribution is 6.30. The standard InChI is InChI=1S/C17H17ClN6O2/c1-10-9-13(16-20-22-24(21-16)11(2)15(19)25)7-8-23(10)17(26)12-3-5-14(18)6-4-12/h3-11H,1-2H3,(H2,19,25). The molecule has 26 heavy (non-hydrogen) atoms. The largest absolute Gasteiger partial charge is 0.368 e. The number of benzene rings is 1. The van der Waals surface area contributed by atoms with Crippen molar-refractivity contribution in [2.45, 2.75) is 25.9 Å². The summed E-state index contributed by atoms with van der Waals surface area (Å²) < 4.78 is 0. The van der Waals surface area contributed by atoms with E-state index in [1.165, 1.54) is 4.80 Å². The minimum absolute atomic E-state index is 0.139. The van der Waals surface area contributed by atoms with Crippen LogP contribution < -0.4 is 5.73 Å². The van der Waals surface area contributed by atoms with Crippen molar-refractivity contribution in [3.63, 3.8) is 0 Å². The van der Waals surface area contributed by atoms with Crippen LogP contribution in [0.3, 0.4) is 0 Å². The van der Waals surface area contributed by atoms with Crippen LogP contribution in [0.4, 0.5) is 0 Å². The van der Waals surface area contributed by atoms with E-state index >= 15 is 0 Å². The Bertz CT molecular complexity index is 902. The molecule has 1 aliphatic heterocycles. The van der Waals surface area contributed by atoms with Gasteiger partial charge in [-0.25, -0.2) is 0 Å². The normalized spacial score (nSPS) is 17.7. The van der Waals surface area contributed by atoms with Crippen molar-refractivity contribution in [1.82, 2.24) is 25.1 Å². The second-order valence-corrected chi connectivity index (χ2v) is 6.35. The first-order valence-electron chi connectivity index (χ1n) is 7.94. The van der Waals surface area contributed by atoms with Crippen molar-refractivity contribution in [3.8, 4) is 0 Å². The summed E-state index contributed by atoms with van der Waals surface area (Å²) in [5.41, 5.74) is 6.50. The van der Waals surface area contributed by atoms with Gasteiger partial charge in [0.05, 0.1) is 6.04 Å². The van der Waals surface area contributed by atoms with Gasteiger partial charge in [-0.2, -0.15) is 4.80 Å². The van der Waals surface area contributed by atoms with Gasteiger partial charge in [0, 0.05) is 22.4 Å². The van der Waals surface area contributed by atoms with Crippen LogP contribution in [0.1, 0.15) is 36.1 Å². The SMILES string of the molecule is CC1C=C(c2nnn(C(C)C(N)=O)n2)C=CN1C(=O)c1ccc(Cl)cc1. The predicted molar refractivity (Wildman–Crippen MR) is 95.9 cm³/mol. The van der Waals surface area contributed by atoms with Crippen molar-refractivity contribution in [2.75, 3.05) is 0 Å². The van der Waals surface area contributed by atoms with Gasteiger partial charge in [0.1, 0.15) is 6.04 Å². The van der Waals surface area contributed by atoms with Gasteiger partial charge in [0.15, 0.2) is 0 Å². The molecule has 2 amide bonds. The summed E-state index contributed by atoms with van der Waals surface area (Å²) in [6.07, 6.45) is 5.25. The number of carbonyl (C=O) groups excluding carboxylic acids is 2. The first-order chi connectivity index (χ1) is 12.4. The molecule has 0 fully saturated rings.